The van der Waals surface area contributed by atoms with Crippen molar-refractivity contribution in [2.24, 2.45) is 0 Å². The van der Waals surface area contributed by atoms with Gasteiger partial charge in [0, 0.05) is 10.8 Å². The van der Waals surface area contributed by atoms with E-state index in [0.717, 1.165) is 11.1 Å². The number of thioether (sulfide) groups is 1. The van der Waals surface area contributed by atoms with E-state index in [0.29, 0.717) is 32.2 Å². The molecule has 5 aromatic rings. The minimum Gasteiger partial charge on any atom is -0.503 e. The average molecular weight is 638 g/mol. The molecular formula is C34H24ClN3O4S2. The van der Waals surface area contributed by atoms with E-state index in [2.05, 4.69) is 10.2 Å². The summed E-state index contributed by atoms with van der Waals surface area (Å²) in [5.74, 6) is -0.0848. The van der Waals surface area contributed by atoms with Gasteiger partial charge >= 0.3 is 0 Å². The molecule has 6 rings (SSSR count). The first-order chi connectivity index (χ1) is 21.5. The van der Waals surface area contributed by atoms with Gasteiger partial charge in [0.25, 0.3) is 5.91 Å². The number of hydrogen-bond donors (Lipinski definition) is 1. The molecule has 1 aliphatic heterocycles. The van der Waals surface area contributed by atoms with Gasteiger partial charge in [-0.3, -0.25) is 14.5 Å². The Morgan fingerprint density at radius 3 is 2.39 bits per heavy atom. The fourth-order valence-electron chi connectivity index (χ4n) is 4.65. The number of allylic oxidation sites excluding steroid dienone is 1. The number of ketones is 1. The fourth-order valence-corrected chi connectivity index (χ4v) is 6.60. The minimum absolute atomic E-state index is 0.0513. The number of aromatic nitrogens is 2. The highest BCUT2D eigenvalue weighted by Gasteiger charge is 2.45. The third-order valence-corrected chi connectivity index (χ3v) is 9.11. The summed E-state index contributed by atoms with van der Waals surface area (Å²) in [6, 6.07) is 32.3. The summed E-state index contributed by atoms with van der Waals surface area (Å²) in [6.07, 6.45) is 3.01. The van der Waals surface area contributed by atoms with Gasteiger partial charge in [0.1, 0.15) is 11.5 Å². The van der Waals surface area contributed by atoms with Crippen molar-refractivity contribution < 1.29 is 19.4 Å². The van der Waals surface area contributed by atoms with Gasteiger partial charge in [-0.2, -0.15) is 0 Å². The van der Waals surface area contributed by atoms with E-state index in [1.807, 2.05) is 84.9 Å². The van der Waals surface area contributed by atoms with E-state index in [9.17, 15) is 14.7 Å². The molecule has 1 amide bonds. The lowest BCUT2D eigenvalue weighted by atomic mass is 9.95. The first-order valence-corrected chi connectivity index (χ1v) is 15.7. The molecular weight excluding hydrogens is 614 g/mol. The van der Waals surface area contributed by atoms with Crippen LogP contribution < -0.4 is 9.64 Å². The normalized spacial score (nSPS) is 14.9. The Morgan fingerprint density at radius 1 is 0.932 bits per heavy atom. The number of rotatable bonds is 10. The molecule has 0 spiro atoms. The number of benzene rings is 4. The Hall–Kier alpha value is -4.70. The molecule has 0 aliphatic carbocycles. The number of nitrogens with zero attached hydrogens (tertiary/aromatic N) is 3. The van der Waals surface area contributed by atoms with Crippen LogP contribution in [0.4, 0.5) is 5.13 Å². The van der Waals surface area contributed by atoms with Crippen LogP contribution in [0, 0.1) is 0 Å². The zero-order valence-corrected chi connectivity index (χ0v) is 25.4. The molecule has 2 heterocycles. The molecule has 1 aromatic heterocycles. The summed E-state index contributed by atoms with van der Waals surface area (Å²) >= 11 is 8.68. The number of hydrogen-bond acceptors (Lipinski definition) is 8. The molecule has 218 valence electrons. The number of para-hydroxylation sites is 1. The number of aliphatic hydroxyl groups is 1. The van der Waals surface area contributed by atoms with Crippen LogP contribution in [0.25, 0.3) is 6.08 Å². The second kappa shape index (κ2) is 13.3. The summed E-state index contributed by atoms with van der Waals surface area (Å²) in [7, 11) is 0. The summed E-state index contributed by atoms with van der Waals surface area (Å²) in [4.78, 5) is 28.6. The Balaban J connectivity index is 1.33. The lowest BCUT2D eigenvalue weighted by molar-refractivity contribution is -0.117. The largest absolute Gasteiger partial charge is 0.503 e. The van der Waals surface area contributed by atoms with Crippen molar-refractivity contribution in [1.29, 1.82) is 0 Å². The van der Waals surface area contributed by atoms with E-state index >= 15 is 0 Å². The van der Waals surface area contributed by atoms with Gasteiger partial charge in [0.15, 0.2) is 15.9 Å². The predicted octanol–water partition coefficient (Wildman–Crippen LogP) is 8.46. The van der Waals surface area contributed by atoms with Gasteiger partial charge in [-0.25, -0.2) is 0 Å². The van der Waals surface area contributed by atoms with Gasteiger partial charge in [-0.15, -0.1) is 10.2 Å². The maximum Gasteiger partial charge on any atom is 0.296 e. The van der Waals surface area contributed by atoms with E-state index in [1.165, 1.54) is 34.1 Å². The molecule has 0 bridgehead atoms. The monoisotopic (exact) mass is 637 g/mol. The van der Waals surface area contributed by atoms with Crippen molar-refractivity contribution in [3.05, 3.63) is 148 Å². The van der Waals surface area contributed by atoms with Crippen LogP contribution in [0.1, 0.15) is 22.7 Å². The zero-order valence-electron chi connectivity index (χ0n) is 23.0. The lowest BCUT2D eigenvalue weighted by Gasteiger charge is -2.24. The molecule has 0 radical (unpaired) electrons. The maximum atomic E-state index is 13.6. The quantitative estimate of drug-likeness (QED) is 0.0933. The first kappa shape index (κ1) is 29.4. The van der Waals surface area contributed by atoms with Gasteiger partial charge in [0.05, 0.1) is 11.6 Å². The van der Waals surface area contributed by atoms with Gasteiger partial charge < -0.3 is 9.84 Å². The highest BCUT2D eigenvalue weighted by molar-refractivity contribution is 8.00. The number of carbonyl (C=O) groups excluding carboxylic acids is 2. The first-order valence-electron chi connectivity index (χ1n) is 13.5. The fraction of sp³-hybridized carbons (Fsp3) is 0.0588. The second-order valence-electron chi connectivity index (χ2n) is 9.70. The van der Waals surface area contributed by atoms with Crippen LogP contribution >= 0.6 is 34.7 Å². The number of ether oxygens (including phenoxy) is 1. The molecule has 0 saturated heterocycles. The van der Waals surface area contributed by atoms with Gasteiger partial charge in [-0.1, -0.05) is 114 Å². The van der Waals surface area contributed by atoms with E-state index in [-0.39, 0.29) is 10.7 Å². The van der Waals surface area contributed by atoms with Crippen LogP contribution in [-0.2, 0) is 15.3 Å². The number of carbonyl (C=O) groups is 2. The summed E-state index contributed by atoms with van der Waals surface area (Å²) in [5.41, 5.74) is 2.38. The third kappa shape index (κ3) is 6.60. The van der Waals surface area contributed by atoms with Crippen molar-refractivity contribution in [2.45, 2.75) is 16.1 Å². The standard InChI is InChI=1S/C34H24ClN3O4S2/c35-25-17-14-23(15-18-25)21-43-34-37-36-33(44-34)38-30(24-10-7-13-27(20-24)42-26-11-5-2-6-12-26)29(31(40)32(38)41)28(39)19-16-22-8-3-1-4-9-22/h1-20,30,40H,21H2. The third-order valence-electron chi connectivity index (χ3n) is 6.73. The Morgan fingerprint density at radius 2 is 1.64 bits per heavy atom. The Labute approximate surface area is 267 Å². The van der Waals surface area contributed by atoms with Crippen molar-refractivity contribution >= 4 is 57.6 Å². The van der Waals surface area contributed by atoms with E-state index in [1.54, 1.807) is 30.3 Å². The molecule has 4 aromatic carbocycles. The molecule has 1 aliphatic rings. The summed E-state index contributed by atoms with van der Waals surface area (Å²) in [6.45, 7) is 0. The van der Waals surface area contributed by atoms with Crippen LogP contribution in [-0.4, -0.2) is 27.0 Å². The summed E-state index contributed by atoms with van der Waals surface area (Å²) in [5, 5.41) is 20.6. The Bertz CT molecular complexity index is 1860. The minimum atomic E-state index is -0.961. The van der Waals surface area contributed by atoms with Crippen LogP contribution in [0.2, 0.25) is 5.02 Å². The molecule has 44 heavy (non-hydrogen) atoms. The van der Waals surface area contributed by atoms with Crippen molar-refractivity contribution in [3.63, 3.8) is 0 Å². The highest BCUT2D eigenvalue weighted by Crippen LogP contribution is 2.44. The smallest absolute Gasteiger partial charge is 0.296 e. The predicted molar refractivity (Wildman–Crippen MR) is 174 cm³/mol. The molecule has 1 atom stereocenters. The molecule has 1 N–H and O–H groups in total. The molecule has 7 nitrogen and oxygen atoms in total. The van der Waals surface area contributed by atoms with Crippen LogP contribution in [0.3, 0.4) is 0 Å². The average Bonchev–Trinajstić information content (AvgIpc) is 3.62. The van der Waals surface area contributed by atoms with Gasteiger partial charge in [-0.05, 0) is 59.2 Å². The number of halogens is 1. The van der Waals surface area contributed by atoms with Gasteiger partial charge in [0.2, 0.25) is 5.13 Å². The number of amides is 1. The number of aliphatic hydroxyl groups excluding tert-OH is 1. The van der Waals surface area contributed by atoms with E-state index < -0.39 is 23.5 Å². The number of anilines is 1. The van der Waals surface area contributed by atoms with Crippen molar-refractivity contribution in [3.8, 4) is 11.5 Å². The van der Waals surface area contributed by atoms with Crippen molar-refractivity contribution in [1.82, 2.24) is 10.2 Å². The molecule has 0 saturated carbocycles. The topological polar surface area (TPSA) is 92.6 Å². The van der Waals surface area contributed by atoms with Crippen LogP contribution in [0.5, 0.6) is 11.5 Å². The SMILES string of the molecule is O=C(C=Cc1ccccc1)C1=C(O)C(=O)N(c2nnc(SCc3ccc(Cl)cc3)s2)C1c1cccc(Oc2ccccc2)c1. The summed E-state index contributed by atoms with van der Waals surface area (Å²) < 4.78 is 6.67. The van der Waals surface area contributed by atoms with Crippen molar-refractivity contribution in [2.75, 3.05) is 4.90 Å². The Kier molecular flexibility index (Phi) is 8.88. The second-order valence-corrected chi connectivity index (χ2v) is 12.3. The molecule has 0 fully saturated rings. The van der Waals surface area contributed by atoms with Crippen LogP contribution in [0.15, 0.2) is 131 Å². The highest BCUT2D eigenvalue weighted by atomic mass is 35.5. The maximum absolute atomic E-state index is 13.6. The zero-order chi connectivity index (χ0) is 30.5. The molecule has 10 heteroatoms. The van der Waals surface area contributed by atoms with E-state index in [4.69, 9.17) is 16.3 Å². The lowest BCUT2D eigenvalue weighted by Crippen LogP contribution is -2.30. The molecule has 1 unspecified atom stereocenters.